The molecule has 3 aromatic rings. The van der Waals surface area contributed by atoms with E-state index in [1.54, 1.807) is 6.07 Å². The molecule has 0 aliphatic rings. The molecule has 6 nitrogen and oxygen atoms in total. The molecular formula is C21H24N4O2. The fourth-order valence-corrected chi connectivity index (χ4v) is 2.98. The van der Waals surface area contributed by atoms with Crippen LogP contribution in [0, 0.1) is 6.92 Å². The number of nitrogens with one attached hydrogen (secondary N) is 1. The smallest absolute Gasteiger partial charge is 0.261 e. The standard InChI is InChI=1S/C21H24N4O2/c1-15-8-7-11-18-20(15)23-14-25(21(18)27)13-19(26)22-12-16(2)24(3)17-9-5-4-6-10-17/h4-11,14,16H,12-13H2,1-3H3,(H,22,26). The molecule has 1 aromatic heterocycles. The first-order chi connectivity index (χ1) is 13.0. The van der Waals surface area contributed by atoms with Crippen LogP contribution in [0.5, 0.6) is 0 Å². The number of anilines is 1. The second-order valence-corrected chi connectivity index (χ2v) is 6.75. The Kier molecular flexibility index (Phi) is 5.54. The number of likely N-dealkylation sites (N-methyl/N-ethyl adjacent to an activating group) is 1. The summed E-state index contributed by atoms with van der Waals surface area (Å²) >= 11 is 0. The number of nitrogens with zero attached hydrogens (tertiary/aromatic N) is 3. The van der Waals surface area contributed by atoms with Crippen LogP contribution in [-0.2, 0) is 11.3 Å². The normalized spacial score (nSPS) is 12.0. The first kappa shape index (κ1) is 18.6. The molecule has 1 atom stereocenters. The summed E-state index contributed by atoms with van der Waals surface area (Å²) in [6.07, 6.45) is 1.44. The summed E-state index contributed by atoms with van der Waals surface area (Å²) in [5.41, 5.74) is 2.51. The van der Waals surface area contributed by atoms with Crippen molar-refractivity contribution in [2.45, 2.75) is 26.4 Å². The van der Waals surface area contributed by atoms with Gasteiger partial charge in [-0.05, 0) is 37.6 Å². The molecule has 1 N–H and O–H groups in total. The molecule has 0 spiro atoms. The molecule has 140 valence electrons. The lowest BCUT2D eigenvalue weighted by Gasteiger charge is -2.27. The van der Waals surface area contributed by atoms with Crippen molar-refractivity contribution < 1.29 is 4.79 Å². The van der Waals surface area contributed by atoms with E-state index in [0.717, 1.165) is 11.3 Å². The average molecular weight is 364 g/mol. The molecule has 6 heteroatoms. The lowest BCUT2D eigenvalue weighted by atomic mass is 10.1. The fourth-order valence-electron chi connectivity index (χ4n) is 2.98. The number of amides is 1. The van der Waals surface area contributed by atoms with Crippen molar-refractivity contribution in [3.63, 3.8) is 0 Å². The van der Waals surface area contributed by atoms with Gasteiger partial charge < -0.3 is 10.2 Å². The molecular weight excluding hydrogens is 340 g/mol. The number of benzene rings is 2. The Bertz CT molecular complexity index is 998. The number of fused-ring (bicyclic) bond motifs is 1. The van der Waals surface area contributed by atoms with Crippen LogP contribution in [0.3, 0.4) is 0 Å². The zero-order chi connectivity index (χ0) is 19.4. The second kappa shape index (κ2) is 8.03. The number of aryl methyl sites for hydroxylation is 1. The average Bonchev–Trinajstić information content (AvgIpc) is 2.69. The number of hydrogen-bond donors (Lipinski definition) is 1. The van der Waals surface area contributed by atoms with Crippen molar-refractivity contribution in [2.75, 3.05) is 18.5 Å². The van der Waals surface area contributed by atoms with Gasteiger partial charge in [0, 0.05) is 25.3 Å². The van der Waals surface area contributed by atoms with Crippen molar-refractivity contribution in [3.8, 4) is 0 Å². The van der Waals surface area contributed by atoms with Gasteiger partial charge in [-0.1, -0.05) is 30.3 Å². The monoisotopic (exact) mass is 364 g/mol. The minimum atomic E-state index is -0.209. The number of carbonyl (C=O) groups is 1. The SMILES string of the molecule is Cc1cccc2c(=O)n(CC(=O)NCC(C)N(C)c3ccccc3)cnc12. The minimum Gasteiger partial charge on any atom is -0.370 e. The van der Waals surface area contributed by atoms with Crippen LogP contribution in [0.4, 0.5) is 5.69 Å². The van der Waals surface area contributed by atoms with E-state index in [1.165, 1.54) is 10.9 Å². The van der Waals surface area contributed by atoms with Crippen molar-refractivity contribution in [3.05, 3.63) is 70.8 Å². The summed E-state index contributed by atoms with van der Waals surface area (Å²) in [5.74, 6) is -0.209. The molecule has 1 unspecified atom stereocenters. The molecule has 0 fully saturated rings. The van der Waals surface area contributed by atoms with E-state index in [0.29, 0.717) is 17.4 Å². The molecule has 0 aliphatic carbocycles. The van der Waals surface area contributed by atoms with Crippen LogP contribution in [0.2, 0.25) is 0 Å². The van der Waals surface area contributed by atoms with Gasteiger partial charge in [0.1, 0.15) is 6.54 Å². The Hall–Kier alpha value is -3.15. The molecule has 0 saturated carbocycles. The van der Waals surface area contributed by atoms with Gasteiger partial charge in [0.15, 0.2) is 0 Å². The molecule has 0 aliphatic heterocycles. The minimum absolute atomic E-state index is 0.0442. The quantitative estimate of drug-likeness (QED) is 0.729. The molecule has 0 bridgehead atoms. The largest absolute Gasteiger partial charge is 0.370 e. The maximum absolute atomic E-state index is 12.6. The lowest BCUT2D eigenvalue weighted by Crippen LogP contribution is -2.42. The topological polar surface area (TPSA) is 67.2 Å². The van der Waals surface area contributed by atoms with Crippen molar-refractivity contribution in [1.29, 1.82) is 0 Å². The molecule has 3 rings (SSSR count). The maximum Gasteiger partial charge on any atom is 0.261 e. The van der Waals surface area contributed by atoms with Gasteiger partial charge >= 0.3 is 0 Å². The molecule has 1 heterocycles. The van der Waals surface area contributed by atoms with E-state index in [1.807, 2.05) is 63.4 Å². The van der Waals surface area contributed by atoms with Crippen molar-refractivity contribution >= 4 is 22.5 Å². The van der Waals surface area contributed by atoms with Gasteiger partial charge in [-0.3, -0.25) is 14.2 Å². The predicted molar refractivity (Wildman–Crippen MR) is 108 cm³/mol. The second-order valence-electron chi connectivity index (χ2n) is 6.75. The van der Waals surface area contributed by atoms with Crippen LogP contribution >= 0.6 is 0 Å². The highest BCUT2D eigenvalue weighted by Gasteiger charge is 2.13. The maximum atomic E-state index is 12.6. The summed E-state index contributed by atoms with van der Waals surface area (Å²) in [6, 6.07) is 15.6. The van der Waals surface area contributed by atoms with E-state index in [2.05, 4.69) is 15.2 Å². The van der Waals surface area contributed by atoms with Crippen LogP contribution in [0.1, 0.15) is 12.5 Å². The Morgan fingerprint density at radius 2 is 1.93 bits per heavy atom. The van der Waals surface area contributed by atoms with Crippen molar-refractivity contribution in [2.24, 2.45) is 0 Å². The highest BCUT2D eigenvalue weighted by atomic mass is 16.2. The Balaban J connectivity index is 1.64. The summed E-state index contributed by atoms with van der Waals surface area (Å²) in [6.45, 7) is 4.40. The van der Waals surface area contributed by atoms with Crippen LogP contribution in [0.15, 0.2) is 59.7 Å². The first-order valence-electron chi connectivity index (χ1n) is 8.96. The molecule has 27 heavy (non-hydrogen) atoms. The van der Waals surface area contributed by atoms with E-state index in [9.17, 15) is 9.59 Å². The highest BCUT2D eigenvalue weighted by Crippen LogP contribution is 2.13. The highest BCUT2D eigenvalue weighted by molar-refractivity contribution is 5.81. The number of hydrogen-bond acceptors (Lipinski definition) is 4. The zero-order valence-electron chi connectivity index (χ0n) is 15.8. The summed E-state index contributed by atoms with van der Waals surface area (Å²) < 4.78 is 1.35. The third kappa shape index (κ3) is 4.16. The Morgan fingerprint density at radius 1 is 1.19 bits per heavy atom. The van der Waals surface area contributed by atoms with Gasteiger partial charge in [-0.2, -0.15) is 0 Å². The van der Waals surface area contributed by atoms with E-state index >= 15 is 0 Å². The van der Waals surface area contributed by atoms with E-state index in [4.69, 9.17) is 0 Å². The summed E-state index contributed by atoms with van der Waals surface area (Å²) in [7, 11) is 1.99. The van der Waals surface area contributed by atoms with Gasteiger partial charge in [0.2, 0.25) is 5.91 Å². The number of aromatic nitrogens is 2. The van der Waals surface area contributed by atoms with Crippen LogP contribution in [0.25, 0.3) is 10.9 Å². The summed E-state index contributed by atoms with van der Waals surface area (Å²) in [4.78, 5) is 31.3. The molecule has 0 saturated heterocycles. The Labute approximate surface area is 158 Å². The predicted octanol–water partition coefficient (Wildman–Crippen LogP) is 2.35. The van der Waals surface area contributed by atoms with Gasteiger partial charge in [-0.25, -0.2) is 4.98 Å². The van der Waals surface area contributed by atoms with Crippen LogP contribution in [-0.4, -0.2) is 35.1 Å². The number of para-hydroxylation sites is 2. The van der Waals surface area contributed by atoms with Gasteiger partial charge in [0.05, 0.1) is 17.2 Å². The molecule has 1 amide bonds. The van der Waals surface area contributed by atoms with Crippen LogP contribution < -0.4 is 15.8 Å². The molecule has 0 radical (unpaired) electrons. The van der Waals surface area contributed by atoms with Gasteiger partial charge in [0.25, 0.3) is 5.56 Å². The lowest BCUT2D eigenvalue weighted by molar-refractivity contribution is -0.121. The van der Waals surface area contributed by atoms with E-state index < -0.39 is 0 Å². The number of rotatable bonds is 6. The third-order valence-electron chi connectivity index (χ3n) is 4.79. The first-order valence-corrected chi connectivity index (χ1v) is 8.96. The third-order valence-corrected chi connectivity index (χ3v) is 4.79. The Morgan fingerprint density at radius 3 is 2.67 bits per heavy atom. The summed E-state index contributed by atoms with van der Waals surface area (Å²) in [5, 5.41) is 3.43. The zero-order valence-corrected chi connectivity index (χ0v) is 15.8. The van der Waals surface area contributed by atoms with Gasteiger partial charge in [-0.15, -0.1) is 0 Å². The number of carbonyl (C=O) groups excluding carboxylic acids is 1. The van der Waals surface area contributed by atoms with Crippen molar-refractivity contribution in [1.82, 2.24) is 14.9 Å². The molecule has 2 aromatic carbocycles. The van der Waals surface area contributed by atoms with E-state index in [-0.39, 0.29) is 24.1 Å². The fraction of sp³-hybridized carbons (Fsp3) is 0.286.